The molecule has 0 bridgehead atoms. The third-order valence-electron chi connectivity index (χ3n) is 3.33. The summed E-state index contributed by atoms with van der Waals surface area (Å²) in [6.45, 7) is 5.57. The minimum atomic E-state index is -0.313. The average Bonchev–Trinajstić information content (AvgIpc) is 2.85. The van der Waals surface area contributed by atoms with Gasteiger partial charge >= 0.3 is 0 Å². The van der Waals surface area contributed by atoms with E-state index in [1.165, 1.54) is 6.92 Å². The van der Waals surface area contributed by atoms with Crippen LogP contribution in [-0.4, -0.2) is 16.7 Å². The first-order chi connectivity index (χ1) is 10.4. The number of carbonyl (C=O) groups is 2. The number of rotatable bonds is 5. The number of amides is 1. The Morgan fingerprint density at radius 3 is 2.52 bits per heavy atom. The van der Waals surface area contributed by atoms with Gasteiger partial charge in [0.2, 0.25) is 0 Å². The number of hydrogen-bond acceptors (Lipinski definition) is 5. The molecule has 124 valence electrons. The third kappa shape index (κ3) is 4.40. The fourth-order valence-corrected chi connectivity index (χ4v) is 2.21. The summed E-state index contributed by atoms with van der Waals surface area (Å²) in [7, 11) is 0. The zero-order valence-corrected chi connectivity index (χ0v) is 14.1. The minimum absolute atomic E-state index is 0. The van der Waals surface area contributed by atoms with Gasteiger partial charge in [-0.25, -0.2) is 0 Å². The lowest BCUT2D eigenvalue weighted by Crippen LogP contribution is -2.23. The molecule has 0 aliphatic heterocycles. The van der Waals surface area contributed by atoms with Gasteiger partial charge in [-0.05, 0) is 39.0 Å². The van der Waals surface area contributed by atoms with Gasteiger partial charge in [-0.15, -0.1) is 12.4 Å². The van der Waals surface area contributed by atoms with Crippen LogP contribution >= 0.6 is 12.4 Å². The van der Waals surface area contributed by atoms with Crippen LogP contribution in [0.25, 0.3) is 0 Å². The SMILES string of the molecule is CC(=O)c1ccc(CNC(=O)c2oc(CN)cc2C)nc1C.Cl. The van der Waals surface area contributed by atoms with Crippen molar-refractivity contribution in [2.75, 3.05) is 0 Å². The molecule has 2 aromatic heterocycles. The molecule has 0 aromatic carbocycles. The van der Waals surface area contributed by atoms with Gasteiger partial charge in [0.1, 0.15) is 5.76 Å². The molecular weight excluding hydrogens is 318 g/mol. The molecule has 2 rings (SSSR count). The largest absolute Gasteiger partial charge is 0.454 e. The van der Waals surface area contributed by atoms with E-state index >= 15 is 0 Å². The van der Waals surface area contributed by atoms with Gasteiger partial charge in [0.25, 0.3) is 5.91 Å². The number of pyridine rings is 1. The number of aryl methyl sites for hydroxylation is 2. The summed E-state index contributed by atoms with van der Waals surface area (Å²) < 4.78 is 5.39. The molecule has 0 saturated carbocycles. The minimum Gasteiger partial charge on any atom is -0.454 e. The number of hydrogen-bond donors (Lipinski definition) is 2. The summed E-state index contributed by atoms with van der Waals surface area (Å²) in [5.74, 6) is 0.494. The maximum Gasteiger partial charge on any atom is 0.287 e. The van der Waals surface area contributed by atoms with Gasteiger partial charge in [0.15, 0.2) is 11.5 Å². The highest BCUT2D eigenvalue weighted by molar-refractivity contribution is 5.95. The molecule has 0 aliphatic rings. The molecule has 0 fully saturated rings. The Bertz CT molecular complexity index is 725. The van der Waals surface area contributed by atoms with Crippen molar-refractivity contribution in [3.05, 3.63) is 52.2 Å². The van der Waals surface area contributed by atoms with Gasteiger partial charge in [0.05, 0.1) is 18.8 Å². The fraction of sp³-hybridized carbons (Fsp3) is 0.312. The molecule has 0 saturated heterocycles. The zero-order valence-electron chi connectivity index (χ0n) is 13.3. The molecule has 0 unspecified atom stereocenters. The van der Waals surface area contributed by atoms with E-state index in [-0.39, 0.29) is 42.9 Å². The number of furan rings is 1. The normalized spacial score (nSPS) is 10.1. The van der Waals surface area contributed by atoms with Crippen molar-refractivity contribution in [2.45, 2.75) is 33.9 Å². The molecule has 0 atom stereocenters. The van der Waals surface area contributed by atoms with Crippen LogP contribution in [0.4, 0.5) is 0 Å². The number of nitrogens with one attached hydrogen (secondary N) is 1. The number of Topliss-reactive ketones (excluding diaryl/α,β-unsaturated/α-hetero) is 1. The summed E-state index contributed by atoms with van der Waals surface area (Å²) >= 11 is 0. The van der Waals surface area contributed by atoms with Crippen LogP contribution in [-0.2, 0) is 13.1 Å². The van der Waals surface area contributed by atoms with E-state index in [1.54, 1.807) is 32.0 Å². The smallest absolute Gasteiger partial charge is 0.287 e. The first kappa shape index (κ1) is 18.9. The predicted molar refractivity (Wildman–Crippen MR) is 88.7 cm³/mol. The van der Waals surface area contributed by atoms with Crippen molar-refractivity contribution < 1.29 is 14.0 Å². The number of nitrogens with zero attached hydrogens (tertiary/aromatic N) is 1. The molecule has 2 heterocycles. The van der Waals surface area contributed by atoms with Crippen LogP contribution in [0.5, 0.6) is 0 Å². The predicted octanol–water partition coefficient (Wildman–Crippen LogP) is 2.30. The maximum atomic E-state index is 12.1. The number of carbonyl (C=O) groups excluding carboxylic acids is 2. The topological polar surface area (TPSA) is 98.2 Å². The van der Waals surface area contributed by atoms with Crippen molar-refractivity contribution in [3.63, 3.8) is 0 Å². The quantitative estimate of drug-likeness (QED) is 0.816. The summed E-state index contributed by atoms with van der Waals surface area (Å²) in [6, 6.07) is 5.19. The lowest BCUT2D eigenvalue weighted by Gasteiger charge is -2.07. The van der Waals surface area contributed by atoms with Crippen molar-refractivity contribution in [1.82, 2.24) is 10.3 Å². The fourth-order valence-electron chi connectivity index (χ4n) is 2.21. The van der Waals surface area contributed by atoms with Gasteiger partial charge in [-0.2, -0.15) is 0 Å². The Morgan fingerprint density at radius 2 is 2.00 bits per heavy atom. The first-order valence-electron chi connectivity index (χ1n) is 6.97. The van der Waals surface area contributed by atoms with E-state index in [1.807, 2.05) is 0 Å². The van der Waals surface area contributed by atoms with Crippen LogP contribution in [0, 0.1) is 13.8 Å². The van der Waals surface area contributed by atoms with E-state index in [2.05, 4.69) is 10.3 Å². The number of ketones is 1. The molecule has 3 N–H and O–H groups in total. The Morgan fingerprint density at radius 1 is 1.30 bits per heavy atom. The highest BCUT2D eigenvalue weighted by Crippen LogP contribution is 2.14. The van der Waals surface area contributed by atoms with Crippen molar-refractivity contribution >= 4 is 24.1 Å². The highest BCUT2D eigenvalue weighted by atomic mass is 35.5. The Hall–Kier alpha value is -2.18. The Balaban J connectivity index is 0.00000264. The monoisotopic (exact) mass is 337 g/mol. The van der Waals surface area contributed by atoms with Gasteiger partial charge in [-0.3, -0.25) is 14.6 Å². The van der Waals surface area contributed by atoms with Crippen molar-refractivity contribution in [2.24, 2.45) is 5.73 Å². The summed E-state index contributed by atoms with van der Waals surface area (Å²) in [6.07, 6.45) is 0. The lowest BCUT2D eigenvalue weighted by atomic mass is 10.1. The molecule has 0 radical (unpaired) electrons. The summed E-state index contributed by atoms with van der Waals surface area (Å²) in [5.41, 5.74) is 8.15. The van der Waals surface area contributed by atoms with Crippen molar-refractivity contribution in [1.29, 1.82) is 0 Å². The number of halogens is 1. The molecule has 7 heteroatoms. The molecule has 0 aliphatic carbocycles. The number of aromatic nitrogens is 1. The second kappa shape index (κ2) is 7.89. The van der Waals surface area contributed by atoms with E-state index in [4.69, 9.17) is 10.2 Å². The summed E-state index contributed by atoms with van der Waals surface area (Å²) in [5, 5.41) is 2.75. The molecule has 0 spiro atoms. The third-order valence-corrected chi connectivity index (χ3v) is 3.33. The van der Waals surface area contributed by atoms with E-state index in [0.29, 0.717) is 22.7 Å². The van der Waals surface area contributed by atoms with Crippen LogP contribution < -0.4 is 11.1 Å². The summed E-state index contributed by atoms with van der Waals surface area (Å²) in [4.78, 5) is 27.8. The van der Waals surface area contributed by atoms with Gasteiger partial charge < -0.3 is 15.5 Å². The maximum absolute atomic E-state index is 12.1. The zero-order chi connectivity index (χ0) is 16.3. The second-order valence-corrected chi connectivity index (χ2v) is 5.10. The van der Waals surface area contributed by atoms with E-state index in [9.17, 15) is 9.59 Å². The first-order valence-corrected chi connectivity index (χ1v) is 6.97. The van der Waals surface area contributed by atoms with Crippen LogP contribution in [0.15, 0.2) is 22.6 Å². The highest BCUT2D eigenvalue weighted by Gasteiger charge is 2.15. The van der Waals surface area contributed by atoms with Crippen LogP contribution in [0.1, 0.15) is 50.5 Å². The average molecular weight is 338 g/mol. The Kier molecular flexibility index (Phi) is 6.48. The number of nitrogens with two attached hydrogens (primary N) is 1. The standard InChI is InChI=1S/C16H19N3O3.ClH/c1-9-6-13(7-17)22-15(9)16(21)18-8-12-4-5-14(11(3)20)10(2)19-12;/h4-6H,7-8,17H2,1-3H3,(H,18,21);1H. The second-order valence-electron chi connectivity index (χ2n) is 5.10. The van der Waals surface area contributed by atoms with E-state index in [0.717, 1.165) is 5.56 Å². The van der Waals surface area contributed by atoms with E-state index < -0.39 is 0 Å². The van der Waals surface area contributed by atoms with Gasteiger partial charge in [0, 0.05) is 16.8 Å². The lowest BCUT2D eigenvalue weighted by molar-refractivity contribution is 0.0919. The van der Waals surface area contributed by atoms with Gasteiger partial charge in [-0.1, -0.05) is 0 Å². The molecule has 2 aromatic rings. The molecular formula is C16H20ClN3O3. The van der Waals surface area contributed by atoms with Crippen LogP contribution in [0.2, 0.25) is 0 Å². The molecule has 6 nitrogen and oxygen atoms in total. The Labute approximate surface area is 140 Å². The molecule has 1 amide bonds. The van der Waals surface area contributed by atoms with Crippen LogP contribution in [0.3, 0.4) is 0 Å². The molecule has 23 heavy (non-hydrogen) atoms. The van der Waals surface area contributed by atoms with Crippen molar-refractivity contribution in [3.8, 4) is 0 Å².